The van der Waals surface area contributed by atoms with Crippen LogP contribution in [0.2, 0.25) is 15.1 Å². The summed E-state index contributed by atoms with van der Waals surface area (Å²) in [6, 6.07) is 36.9. The Morgan fingerprint density at radius 3 is 1.01 bits per heavy atom. The van der Waals surface area contributed by atoms with Crippen LogP contribution in [0.5, 0.6) is 0 Å². The van der Waals surface area contributed by atoms with Gasteiger partial charge in [-0.2, -0.15) is 0 Å². The Bertz CT molecular complexity index is 3260. The summed E-state index contributed by atoms with van der Waals surface area (Å²) in [5.74, 6) is 4.40. The molecule has 5 aliphatic heterocycles. The van der Waals surface area contributed by atoms with Crippen LogP contribution in [0.1, 0.15) is 185 Å². The van der Waals surface area contributed by atoms with Crippen molar-refractivity contribution in [1.82, 2.24) is 24.9 Å². The van der Waals surface area contributed by atoms with Crippen molar-refractivity contribution in [1.29, 1.82) is 0 Å². The van der Waals surface area contributed by atoms with Crippen molar-refractivity contribution < 1.29 is 29.1 Å². The Balaban J connectivity index is 0.000000195. The summed E-state index contributed by atoms with van der Waals surface area (Å²) in [7, 11) is 10.5. The number of halogens is 4. The molecule has 2 N–H and O–H groups in total. The first-order valence-electron chi connectivity index (χ1n) is 36.4. The Morgan fingerprint density at radius 2 is 0.707 bits per heavy atom. The van der Waals surface area contributed by atoms with Gasteiger partial charge in [0.1, 0.15) is 0 Å². The smallest absolute Gasteiger partial charge is 0.313 e. The van der Waals surface area contributed by atoms with Crippen LogP contribution in [-0.4, -0.2) is 162 Å². The Morgan fingerprint density at radius 1 is 0.414 bits per heavy atom. The minimum Gasteiger partial charge on any atom is -0.481 e. The summed E-state index contributed by atoms with van der Waals surface area (Å²) in [4.78, 5) is 74.6. The molecular formula is C81H114Cl4N8O6. The van der Waals surface area contributed by atoms with Gasteiger partial charge in [-0.25, -0.2) is 0 Å². The number of benzene rings is 5. The summed E-state index contributed by atoms with van der Waals surface area (Å²) in [5, 5.41) is 14.0. The van der Waals surface area contributed by atoms with Crippen molar-refractivity contribution in [2.75, 3.05) is 122 Å². The third kappa shape index (κ3) is 22.7. The SMILES string of the molecule is CC(C)(C(=O)O)c1ccccc1.CN(C)C(=O)c1ccc(N2CCC(CC3CCCCC3)CC2)cc1Cl.CN(C)C(=O)c1ccc(N2CCC(CC3CCN(C(=O)C(C)(C)c4ccccc4)CC3)CC2)cc1Cl.CN(C)C(=O)c1ccc(N2CCC(CC3CCNCC3)CC2)cc1Cl.Cl. The molecule has 4 amide bonds. The number of hydrogen-bond acceptors (Lipinski definition) is 9. The molecule has 0 spiro atoms. The second-order valence-electron chi connectivity index (χ2n) is 30.3. The normalized spacial score (nSPS) is 17.9. The fourth-order valence-electron chi connectivity index (χ4n) is 15.3. The molecule has 6 fully saturated rings. The van der Waals surface area contributed by atoms with Gasteiger partial charge in [-0.3, -0.25) is 24.0 Å². The van der Waals surface area contributed by atoms with E-state index in [0.717, 1.165) is 123 Å². The van der Waals surface area contributed by atoms with Crippen LogP contribution in [0, 0.1) is 35.5 Å². The number of amides is 4. The van der Waals surface area contributed by atoms with Crippen LogP contribution >= 0.6 is 47.2 Å². The van der Waals surface area contributed by atoms with Crippen molar-refractivity contribution in [2.45, 2.75) is 154 Å². The number of piperidine rings is 5. The van der Waals surface area contributed by atoms with Crippen LogP contribution in [0.15, 0.2) is 115 Å². The summed E-state index contributed by atoms with van der Waals surface area (Å²) in [6.45, 7) is 18.1. The van der Waals surface area contributed by atoms with Gasteiger partial charge in [0.15, 0.2) is 0 Å². The maximum Gasteiger partial charge on any atom is 0.313 e. The number of nitrogens with one attached hydrogen (secondary N) is 1. The van der Waals surface area contributed by atoms with Gasteiger partial charge in [0.2, 0.25) is 5.91 Å². The molecule has 542 valence electrons. The van der Waals surface area contributed by atoms with Crippen molar-refractivity contribution in [3.8, 4) is 0 Å². The lowest BCUT2D eigenvalue weighted by Gasteiger charge is -2.39. The largest absolute Gasteiger partial charge is 0.481 e. The zero-order chi connectivity index (χ0) is 70.7. The number of carboxylic acid groups (broad SMARTS) is 1. The van der Waals surface area contributed by atoms with Crippen LogP contribution in [0.4, 0.5) is 17.1 Å². The predicted octanol–water partition coefficient (Wildman–Crippen LogP) is 17.2. The number of anilines is 3. The van der Waals surface area contributed by atoms with Gasteiger partial charge in [0.25, 0.3) is 17.7 Å². The molecule has 11 rings (SSSR count). The third-order valence-corrected chi connectivity index (χ3v) is 22.8. The molecule has 6 aliphatic rings. The number of carboxylic acids is 1. The number of likely N-dealkylation sites (tertiary alicyclic amines) is 1. The van der Waals surface area contributed by atoms with E-state index in [1.165, 1.54) is 116 Å². The van der Waals surface area contributed by atoms with E-state index in [4.69, 9.17) is 39.9 Å². The first-order chi connectivity index (χ1) is 46.8. The zero-order valence-electron chi connectivity index (χ0n) is 60.9. The molecule has 0 unspecified atom stereocenters. The minimum absolute atomic E-state index is 0. The van der Waals surface area contributed by atoms with E-state index in [0.29, 0.717) is 37.7 Å². The van der Waals surface area contributed by atoms with Crippen LogP contribution in [0.25, 0.3) is 0 Å². The summed E-state index contributed by atoms with van der Waals surface area (Å²) < 4.78 is 0. The molecule has 0 bridgehead atoms. The Hall–Kier alpha value is -6.03. The van der Waals surface area contributed by atoms with Crippen molar-refractivity contribution in [3.63, 3.8) is 0 Å². The molecular weight excluding hydrogens is 1320 g/mol. The van der Waals surface area contributed by atoms with E-state index in [9.17, 15) is 24.0 Å². The quantitative estimate of drug-likeness (QED) is 0.0981. The van der Waals surface area contributed by atoms with Gasteiger partial charge in [-0.1, -0.05) is 128 Å². The van der Waals surface area contributed by atoms with Gasteiger partial charge in [0.05, 0.1) is 42.6 Å². The van der Waals surface area contributed by atoms with Crippen molar-refractivity contribution in [2.24, 2.45) is 35.5 Å². The second-order valence-corrected chi connectivity index (χ2v) is 31.5. The fourth-order valence-corrected chi connectivity index (χ4v) is 16.1. The molecule has 5 aromatic carbocycles. The summed E-state index contributed by atoms with van der Waals surface area (Å²) >= 11 is 19.2. The molecule has 0 atom stereocenters. The lowest BCUT2D eigenvalue weighted by molar-refractivity contribution is -0.142. The Labute approximate surface area is 614 Å². The van der Waals surface area contributed by atoms with Crippen LogP contribution < -0.4 is 20.0 Å². The molecule has 5 aromatic rings. The Kier molecular flexibility index (Phi) is 31.1. The predicted molar refractivity (Wildman–Crippen MR) is 412 cm³/mol. The minimum atomic E-state index is -0.797. The van der Waals surface area contributed by atoms with Gasteiger partial charge in [-0.05, 0) is 225 Å². The average Bonchev–Trinajstić information content (AvgIpc) is 0.823. The van der Waals surface area contributed by atoms with E-state index in [-0.39, 0.29) is 36.0 Å². The first-order valence-corrected chi connectivity index (χ1v) is 37.6. The standard InChI is InChI=1S/C30H40ClN3O2.C21H31ClN2O.C20H30ClN3O.C10H12O2.ClH/c1-30(2,24-8-6-5-7-9-24)29(36)34-18-14-23(15-19-34)20-22-12-16-33(17-13-22)25-10-11-26(27(31)21-25)28(35)32(3)4;1-23(2)21(25)19-9-8-18(15-20(19)22)24-12-10-17(11-13-24)14-16-6-4-3-5-7-16;1-23(2)20(25)18-4-3-17(14-19(18)21)24-11-7-16(8-12-24)13-15-5-9-22-10-6-15;1-10(2,9(11)12)8-6-4-3-5-7-8;/h5-11,21-23H,12-20H2,1-4H3;8-9,15-17H,3-7,10-14H2,1-2H3;3-4,14-16,22H,5-13H2,1-2H3;3-7H,1-2H3,(H,11,12);1H. The molecule has 18 heteroatoms. The molecule has 14 nitrogen and oxygen atoms in total. The number of rotatable bonds is 16. The third-order valence-electron chi connectivity index (χ3n) is 21.9. The monoisotopic (exact) mass is 1430 g/mol. The highest BCUT2D eigenvalue weighted by Crippen LogP contribution is 2.38. The highest BCUT2D eigenvalue weighted by atomic mass is 35.5. The lowest BCUT2D eigenvalue weighted by atomic mass is 9.80. The fraction of sp³-hybridized carbons (Fsp3) is 0.568. The molecule has 5 heterocycles. The highest BCUT2D eigenvalue weighted by Gasteiger charge is 2.37. The summed E-state index contributed by atoms with van der Waals surface area (Å²) in [5.41, 5.74) is 5.75. The topological polar surface area (TPSA) is 140 Å². The van der Waals surface area contributed by atoms with E-state index in [1.807, 2.05) is 117 Å². The van der Waals surface area contributed by atoms with E-state index >= 15 is 0 Å². The molecule has 1 aliphatic carbocycles. The number of nitrogens with zero attached hydrogens (tertiary/aromatic N) is 7. The molecule has 0 aromatic heterocycles. The van der Waals surface area contributed by atoms with Gasteiger partial charge >= 0.3 is 5.97 Å². The van der Waals surface area contributed by atoms with E-state index in [1.54, 1.807) is 70.8 Å². The average molecular weight is 1440 g/mol. The van der Waals surface area contributed by atoms with E-state index < -0.39 is 16.8 Å². The number of carbonyl (C=O) groups excluding carboxylic acids is 4. The molecule has 0 radical (unpaired) electrons. The van der Waals surface area contributed by atoms with Crippen molar-refractivity contribution in [3.05, 3.63) is 158 Å². The number of carbonyl (C=O) groups is 5. The van der Waals surface area contributed by atoms with Crippen LogP contribution in [0.3, 0.4) is 0 Å². The van der Waals surface area contributed by atoms with Gasteiger partial charge < -0.3 is 44.7 Å². The van der Waals surface area contributed by atoms with Gasteiger partial charge in [-0.15, -0.1) is 12.4 Å². The first kappa shape index (κ1) is 80.3. The summed E-state index contributed by atoms with van der Waals surface area (Å²) in [6.07, 6.45) is 23.7. The lowest BCUT2D eigenvalue weighted by Crippen LogP contribution is -2.47. The van der Waals surface area contributed by atoms with E-state index in [2.05, 4.69) is 37.0 Å². The zero-order valence-corrected chi connectivity index (χ0v) is 64.0. The van der Waals surface area contributed by atoms with Gasteiger partial charge in [0, 0.05) is 112 Å². The van der Waals surface area contributed by atoms with Crippen molar-refractivity contribution >= 4 is 93.9 Å². The molecule has 99 heavy (non-hydrogen) atoms. The highest BCUT2D eigenvalue weighted by molar-refractivity contribution is 6.35. The molecule has 5 saturated heterocycles. The second kappa shape index (κ2) is 38.3. The molecule has 1 saturated carbocycles. The maximum absolute atomic E-state index is 13.3. The maximum atomic E-state index is 13.3. The number of aliphatic carboxylic acids is 1. The number of hydrogen-bond donors (Lipinski definition) is 2. The van der Waals surface area contributed by atoms with Crippen LogP contribution in [-0.2, 0) is 20.4 Å².